The Bertz CT molecular complexity index is 1380. The highest BCUT2D eigenvalue weighted by Crippen LogP contribution is 2.53. The van der Waals surface area contributed by atoms with Gasteiger partial charge in [0.1, 0.15) is 22.8 Å². The molecule has 2 amide bonds. The molecule has 13 nitrogen and oxygen atoms in total. The first-order chi connectivity index (χ1) is 18.7. The number of carbonyl (C=O) groups excluding carboxylic acids is 4. The van der Waals surface area contributed by atoms with Crippen molar-refractivity contribution in [3.05, 3.63) is 44.9 Å². The number of anilines is 1. The van der Waals surface area contributed by atoms with Gasteiger partial charge in [-0.15, -0.1) is 5.06 Å². The fourth-order valence-electron chi connectivity index (χ4n) is 5.98. The Balaban J connectivity index is 1.83. The van der Waals surface area contributed by atoms with Crippen molar-refractivity contribution in [3.63, 3.8) is 0 Å². The van der Waals surface area contributed by atoms with Crippen LogP contribution in [0.25, 0.3) is 0 Å². The fourth-order valence-corrected chi connectivity index (χ4v) is 6.25. The number of nitrogens with one attached hydrogen (secondary N) is 1. The highest BCUT2D eigenvalue weighted by molar-refractivity contribution is 6.35. The topological polar surface area (TPSA) is 203 Å². The molecular formula is C26H31ClN4O9. The third-order valence-electron chi connectivity index (χ3n) is 7.81. The number of ketones is 2. The molecule has 0 radical (unpaired) electrons. The summed E-state index contributed by atoms with van der Waals surface area (Å²) in [6.45, 7) is 4.31. The van der Waals surface area contributed by atoms with Crippen LogP contribution in [0, 0.1) is 11.8 Å². The second-order valence-corrected chi connectivity index (χ2v) is 10.6. The molecule has 216 valence electrons. The van der Waals surface area contributed by atoms with Crippen LogP contribution in [0.1, 0.15) is 36.2 Å². The van der Waals surface area contributed by atoms with E-state index in [0.717, 1.165) is 0 Å². The summed E-state index contributed by atoms with van der Waals surface area (Å²) in [5, 5.41) is 48.4. The molecule has 40 heavy (non-hydrogen) atoms. The van der Waals surface area contributed by atoms with E-state index in [1.165, 1.54) is 16.0 Å². The largest absolute Gasteiger partial charge is 0.510 e. The van der Waals surface area contributed by atoms with Crippen molar-refractivity contribution < 1.29 is 44.4 Å². The van der Waals surface area contributed by atoms with Gasteiger partial charge in [-0.25, -0.2) is 4.79 Å². The Morgan fingerprint density at radius 2 is 1.82 bits per heavy atom. The number of nitrogens with zero attached hydrogens (tertiary/aromatic N) is 2. The Morgan fingerprint density at radius 1 is 1.20 bits per heavy atom. The molecule has 2 unspecified atom stereocenters. The molecular weight excluding hydrogens is 548 g/mol. The standard InChI is InChI=1S/C26H31ClN4O9/c1-5-31(6-2)40-25(38)29-17-13(27)9-11-7-10-8-12-18(30(3)4)21(34)16(24(28)37)23(36)26(12,39)22(35)15(10)19(32)14(11)20(17)33/h9-10,12,18,33-35,39H,5-8H2,1-4H3,(H2,28,37)(H,29,38)/t10?,12?,18-,26-/m0/s1. The smallest absolute Gasteiger partial charge is 0.430 e. The minimum atomic E-state index is -2.75. The zero-order valence-electron chi connectivity index (χ0n) is 22.3. The number of aromatic hydroxyl groups is 1. The van der Waals surface area contributed by atoms with Crippen LogP contribution in [0.3, 0.4) is 0 Å². The summed E-state index contributed by atoms with van der Waals surface area (Å²) in [5.74, 6) is -7.75. The Kier molecular flexibility index (Phi) is 7.62. The van der Waals surface area contributed by atoms with E-state index < -0.39 is 69.9 Å². The van der Waals surface area contributed by atoms with Crippen LogP contribution in [-0.4, -0.2) is 92.8 Å². The Labute approximate surface area is 234 Å². The molecule has 0 bridgehead atoms. The van der Waals surface area contributed by atoms with E-state index in [1.807, 2.05) is 0 Å². The van der Waals surface area contributed by atoms with Crippen molar-refractivity contribution in [2.45, 2.75) is 38.3 Å². The van der Waals surface area contributed by atoms with Crippen molar-refractivity contribution in [2.75, 3.05) is 32.5 Å². The third-order valence-corrected chi connectivity index (χ3v) is 8.11. The molecule has 1 aromatic carbocycles. The van der Waals surface area contributed by atoms with Crippen molar-refractivity contribution in [1.29, 1.82) is 0 Å². The summed E-state index contributed by atoms with van der Waals surface area (Å²) in [6.07, 6.45) is -0.959. The zero-order chi connectivity index (χ0) is 29.8. The highest BCUT2D eigenvalue weighted by Gasteiger charge is 2.63. The van der Waals surface area contributed by atoms with E-state index in [1.54, 1.807) is 27.9 Å². The zero-order valence-corrected chi connectivity index (χ0v) is 23.1. The maximum absolute atomic E-state index is 13.8. The van der Waals surface area contributed by atoms with Gasteiger partial charge in [0.05, 0.1) is 16.6 Å². The molecule has 14 heteroatoms. The number of amides is 2. The quantitative estimate of drug-likeness (QED) is 0.162. The number of primary amides is 1. The molecule has 0 aromatic heterocycles. The lowest BCUT2D eigenvalue weighted by molar-refractivity contribution is -0.148. The number of rotatable bonds is 6. The number of Topliss-reactive ketones (excluding diaryl/α,β-unsaturated/α-hetero) is 2. The molecule has 0 spiro atoms. The lowest BCUT2D eigenvalue weighted by atomic mass is 9.58. The number of aliphatic hydroxyl groups is 3. The first-order valence-corrected chi connectivity index (χ1v) is 13.0. The van der Waals surface area contributed by atoms with Gasteiger partial charge in [-0.1, -0.05) is 11.6 Å². The maximum Gasteiger partial charge on any atom is 0.430 e. The van der Waals surface area contributed by atoms with Gasteiger partial charge in [-0.3, -0.25) is 24.6 Å². The van der Waals surface area contributed by atoms with Crippen molar-refractivity contribution >= 4 is 40.9 Å². The van der Waals surface area contributed by atoms with Crippen LogP contribution >= 0.6 is 11.6 Å². The lowest BCUT2D eigenvalue weighted by Crippen LogP contribution is -2.63. The first kappa shape index (κ1) is 29.3. The van der Waals surface area contributed by atoms with Crippen LogP contribution in [0.2, 0.25) is 5.02 Å². The molecule has 1 aromatic rings. The molecule has 4 atom stereocenters. The minimum Gasteiger partial charge on any atom is -0.510 e. The number of nitrogens with two attached hydrogens (primary N) is 1. The van der Waals surface area contributed by atoms with E-state index >= 15 is 0 Å². The summed E-state index contributed by atoms with van der Waals surface area (Å²) in [7, 11) is 3.09. The van der Waals surface area contributed by atoms with Gasteiger partial charge in [0.15, 0.2) is 17.1 Å². The van der Waals surface area contributed by atoms with E-state index in [4.69, 9.17) is 22.2 Å². The molecule has 0 heterocycles. The number of hydrogen-bond donors (Lipinski definition) is 6. The number of aliphatic hydroxyl groups excluding tert-OH is 2. The molecule has 0 saturated heterocycles. The van der Waals surface area contributed by atoms with Crippen molar-refractivity contribution in [3.8, 4) is 5.75 Å². The summed E-state index contributed by atoms with van der Waals surface area (Å²) in [5.41, 5.74) is 1.09. The number of phenolic OH excluding ortho intramolecular Hbond substituents is 1. The van der Waals surface area contributed by atoms with Crippen LogP contribution in [0.4, 0.5) is 10.5 Å². The van der Waals surface area contributed by atoms with E-state index in [9.17, 15) is 39.6 Å². The second kappa shape index (κ2) is 10.4. The van der Waals surface area contributed by atoms with Crippen LogP contribution in [-0.2, 0) is 20.8 Å². The molecule has 0 saturated carbocycles. The summed E-state index contributed by atoms with van der Waals surface area (Å²) < 4.78 is 0. The van der Waals surface area contributed by atoms with Gasteiger partial charge in [-0.2, -0.15) is 0 Å². The van der Waals surface area contributed by atoms with Crippen LogP contribution in [0.15, 0.2) is 28.7 Å². The first-order valence-electron chi connectivity index (χ1n) is 12.6. The number of benzene rings is 1. The van der Waals surface area contributed by atoms with Gasteiger partial charge >= 0.3 is 6.09 Å². The molecule has 0 aliphatic heterocycles. The fraction of sp³-hybridized carbons (Fsp3) is 0.462. The van der Waals surface area contributed by atoms with Gasteiger partial charge in [0, 0.05) is 24.6 Å². The number of hydrogen-bond acceptors (Lipinski definition) is 11. The monoisotopic (exact) mass is 578 g/mol. The normalized spacial score (nSPS) is 26.1. The van der Waals surface area contributed by atoms with Crippen LogP contribution < -0.4 is 11.1 Å². The number of fused-ring (bicyclic) bond motifs is 3. The van der Waals surface area contributed by atoms with Gasteiger partial charge in [0.2, 0.25) is 5.78 Å². The molecule has 3 aliphatic rings. The number of allylic oxidation sites excluding steroid dienone is 1. The lowest BCUT2D eigenvalue weighted by Gasteiger charge is -2.50. The number of hydroxylamine groups is 2. The highest BCUT2D eigenvalue weighted by atomic mass is 35.5. The SMILES string of the molecule is CCN(CC)OC(=O)Nc1c(Cl)cc2c(c1O)C(=O)C1=C(O)[C@]3(O)C(=O)C(C(N)=O)=C(O)[C@@H](N(C)C)C3CC1C2. The molecule has 4 rings (SSSR count). The van der Waals surface area contributed by atoms with Crippen molar-refractivity contribution in [2.24, 2.45) is 17.6 Å². The van der Waals surface area contributed by atoms with Crippen molar-refractivity contribution in [1.82, 2.24) is 9.96 Å². The van der Waals surface area contributed by atoms with E-state index in [-0.39, 0.29) is 34.7 Å². The molecule has 7 N–H and O–H groups in total. The van der Waals surface area contributed by atoms with Gasteiger partial charge in [0.25, 0.3) is 5.91 Å². The van der Waals surface area contributed by atoms with Gasteiger partial charge in [-0.05, 0) is 58.3 Å². The summed E-state index contributed by atoms with van der Waals surface area (Å²) in [4.78, 5) is 58.2. The summed E-state index contributed by atoms with van der Waals surface area (Å²) in [6, 6.07) is 0.305. The predicted molar refractivity (Wildman–Crippen MR) is 142 cm³/mol. The average Bonchev–Trinajstić information content (AvgIpc) is 2.86. The predicted octanol–water partition coefficient (Wildman–Crippen LogP) is 1.58. The second-order valence-electron chi connectivity index (χ2n) is 10.2. The van der Waals surface area contributed by atoms with E-state index in [0.29, 0.717) is 18.7 Å². The summed E-state index contributed by atoms with van der Waals surface area (Å²) >= 11 is 6.36. The molecule has 3 aliphatic carbocycles. The number of likely N-dealkylation sites (N-methyl/N-ethyl adjacent to an activating group) is 1. The number of phenols is 1. The number of carbonyl (C=O) groups is 4. The van der Waals surface area contributed by atoms with Gasteiger partial charge < -0.3 is 31.0 Å². The van der Waals surface area contributed by atoms with Crippen LogP contribution in [0.5, 0.6) is 5.75 Å². The maximum atomic E-state index is 13.8. The Morgan fingerprint density at radius 3 is 2.38 bits per heavy atom. The minimum absolute atomic E-state index is 0.0552. The molecule has 0 fully saturated rings. The van der Waals surface area contributed by atoms with E-state index in [2.05, 4.69) is 5.32 Å². The number of halogens is 1. The third kappa shape index (κ3) is 4.29. The average molecular weight is 579 g/mol. The Hall–Kier alpha value is -3.65.